The predicted octanol–water partition coefficient (Wildman–Crippen LogP) is 4.30. The maximum Gasteiger partial charge on any atom is 0.257 e. The SMILES string of the molecule is O=C(Nc1ccc(C(=O)Nc2nnc(-c3ccco3)s2)cc1)c1ccccc1. The minimum atomic E-state index is -0.317. The lowest BCUT2D eigenvalue weighted by Gasteiger charge is -2.06. The van der Waals surface area contributed by atoms with Crippen LogP contribution in [-0.4, -0.2) is 22.0 Å². The van der Waals surface area contributed by atoms with E-state index < -0.39 is 0 Å². The number of benzene rings is 2. The number of carbonyl (C=O) groups is 2. The van der Waals surface area contributed by atoms with Crippen LogP contribution in [0.3, 0.4) is 0 Å². The van der Waals surface area contributed by atoms with Gasteiger partial charge in [0.05, 0.1) is 6.26 Å². The van der Waals surface area contributed by atoms with Gasteiger partial charge >= 0.3 is 0 Å². The molecule has 4 aromatic rings. The number of aromatic nitrogens is 2. The largest absolute Gasteiger partial charge is 0.462 e. The van der Waals surface area contributed by atoms with Gasteiger partial charge in [0.25, 0.3) is 11.8 Å². The van der Waals surface area contributed by atoms with E-state index >= 15 is 0 Å². The maximum absolute atomic E-state index is 12.4. The molecule has 0 saturated carbocycles. The average Bonchev–Trinajstić information content (AvgIpc) is 3.41. The van der Waals surface area contributed by atoms with Crippen LogP contribution in [0.25, 0.3) is 10.8 Å². The second kappa shape index (κ2) is 7.85. The molecule has 4 rings (SSSR count). The molecule has 2 heterocycles. The first-order chi connectivity index (χ1) is 13.7. The van der Waals surface area contributed by atoms with Gasteiger partial charge < -0.3 is 9.73 Å². The summed E-state index contributed by atoms with van der Waals surface area (Å²) >= 11 is 1.22. The first-order valence-electron chi connectivity index (χ1n) is 8.34. The number of furan rings is 1. The Morgan fingerprint density at radius 1 is 0.786 bits per heavy atom. The van der Waals surface area contributed by atoms with Crippen molar-refractivity contribution in [2.75, 3.05) is 10.6 Å². The van der Waals surface area contributed by atoms with E-state index in [1.54, 1.807) is 66.9 Å². The van der Waals surface area contributed by atoms with Gasteiger partial charge in [0, 0.05) is 16.8 Å². The summed E-state index contributed by atoms with van der Waals surface area (Å²) in [5, 5.41) is 14.4. The van der Waals surface area contributed by atoms with Crippen molar-refractivity contribution < 1.29 is 14.0 Å². The monoisotopic (exact) mass is 390 g/mol. The summed E-state index contributed by atoms with van der Waals surface area (Å²) in [6.45, 7) is 0. The highest BCUT2D eigenvalue weighted by atomic mass is 32.1. The van der Waals surface area contributed by atoms with Crippen molar-refractivity contribution in [1.29, 1.82) is 0 Å². The Morgan fingerprint density at radius 2 is 1.50 bits per heavy atom. The number of hydrogen-bond donors (Lipinski definition) is 2. The summed E-state index contributed by atoms with van der Waals surface area (Å²) < 4.78 is 5.26. The molecule has 0 saturated heterocycles. The Labute approximate surface area is 164 Å². The smallest absolute Gasteiger partial charge is 0.257 e. The zero-order chi connectivity index (χ0) is 19.3. The van der Waals surface area contributed by atoms with Crippen molar-refractivity contribution >= 4 is 34.0 Å². The van der Waals surface area contributed by atoms with E-state index in [1.807, 2.05) is 6.07 Å². The lowest BCUT2D eigenvalue weighted by Crippen LogP contribution is -2.13. The molecule has 8 heteroatoms. The number of amides is 2. The van der Waals surface area contributed by atoms with Crippen LogP contribution in [0.15, 0.2) is 77.4 Å². The molecule has 0 bridgehead atoms. The molecule has 0 radical (unpaired) electrons. The minimum Gasteiger partial charge on any atom is -0.462 e. The van der Waals surface area contributed by atoms with E-state index in [2.05, 4.69) is 20.8 Å². The predicted molar refractivity (Wildman–Crippen MR) is 106 cm³/mol. The Bertz CT molecular complexity index is 1090. The van der Waals surface area contributed by atoms with Gasteiger partial charge in [0.1, 0.15) is 0 Å². The van der Waals surface area contributed by atoms with Crippen LogP contribution in [0.2, 0.25) is 0 Å². The molecule has 2 amide bonds. The van der Waals surface area contributed by atoms with Gasteiger partial charge in [-0.05, 0) is 48.5 Å². The third-order valence-electron chi connectivity index (χ3n) is 3.82. The fourth-order valence-electron chi connectivity index (χ4n) is 2.44. The second-order valence-electron chi connectivity index (χ2n) is 5.74. The number of hydrogen-bond acceptors (Lipinski definition) is 6. The fourth-order valence-corrected chi connectivity index (χ4v) is 3.15. The Kier molecular flexibility index (Phi) is 4.94. The van der Waals surface area contributed by atoms with E-state index in [0.29, 0.717) is 32.7 Å². The standard InChI is InChI=1S/C20H14N4O3S/c25-17(13-5-2-1-3-6-13)21-15-10-8-14(9-11-15)18(26)22-20-24-23-19(28-20)16-7-4-12-27-16/h1-12H,(H,21,25)(H,22,24,26). The molecule has 28 heavy (non-hydrogen) atoms. The maximum atomic E-state index is 12.4. The third kappa shape index (κ3) is 3.97. The van der Waals surface area contributed by atoms with Crippen LogP contribution >= 0.6 is 11.3 Å². The molecule has 0 aliphatic heterocycles. The Balaban J connectivity index is 1.39. The first-order valence-corrected chi connectivity index (χ1v) is 9.16. The zero-order valence-electron chi connectivity index (χ0n) is 14.5. The summed E-state index contributed by atoms with van der Waals surface area (Å²) in [5.41, 5.74) is 1.60. The van der Waals surface area contributed by atoms with Crippen LogP contribution in [-0.2, 0) is 0 Å². The normalized spacial score (nSPS) is 10.4. The third-order valence-corrected chi connectivity index (χ3v) is 4.67. The van der Waals surface area contributed by atoms with Crippen molar-refractivity contribution in [3.05, 3.63) is 84.1 Å². The van der Waals surface area contributed by atoms with Gasteiger partial charge in [-0.2, -0.15) is 0 Å². The molecular formula is C20H14N4O3S. The number of rotatable bonds is 5. The minimum absolute atomic E-state index is 0.211. The molecule has 138 valence electrons. The van der Waals surface area contributed by atoms with Crippen molar-refractivity contribution in [3.8, 4) is 10.8 Å². The fraction of sp³-hybridized carbons (Fsp3) is 0. The highest BCUT2D eigenvalue weighted by Crippen LogP contribution is 2.26. The average molecular weight is 390 g/mol. The van der Waals surface area contributed by atoms with Crippen molar-refractivity contribution in [1.82, 2.24) is 10.2 Å². The van der Waals surface area contributed by atoms with Crippen LogP contribution in [0.4, 0.5) is 10.8 Å². The lowest BCUT2D eigenvalue weighted by molar-refractivity contribution is 0.102. The van der Waals surface area contributed by atoms with Crippen LogP contribution in [0.5, 0.6) is 0 Å². The summed E-state index contributed by atoms with van der Waals surface area (Å²) in [6.07, 6.45) is 1.55. The first kappa shape index (κ1) is 17.6. The van der Waals surface area contributed by atoms with Gasteiger partial charge in [0.15, 0.2) is 10.8 Å². The molecule has 0 atom stereocenters. The number of carbonyl (C=O) groups excluding carboxylic acids is 2. The molecule has 0 unspecified atom stereocenters. The molecular weight excluding hydrogens is 376 g/mol. The van der Waals surface area contributed by atoms with Gasteiger partial charge in [0.2, 0.25) is 5.13 Å². The van der Waals surface area contributed by atoms with E-state index in [9.17, 15) is 9.59 Å². The highest BCUT2D eigenvalue weighted by molar-refractivity contribution is 7.18. The van der Waals surface area contributed by atoms with Gasteiger partial charge in [-0.25, -0.2) is 0 Å². The molecule has 7 nitrogen and oxygen atoms in total. The van der Waals surface area contributed by atoms with Gasteiger partial charge in [-0.3, -0.25) is 14.9 Å². The summed E-state index contributed by atoms with van der Waals surface area (Å²) in [4.78, 5) is 24.5. The Hall–Kier alpha value is -3.78. The molecule has 0 spiro atoms. The summed E-state index contributed by atoms with van der Waals surface area (Å²) in [6, 6.07) is 19.0. The number of nitrogens with one attached hydrogen (secondary N) is 2. The Morgan fingerprint density at radius 3 is 2.21 bits per heavy atom. The quantitative estimate of drug-likeness (QED) is 0.529. The van der Waals surface area contributed by atoms with Crippen LogP contribution < -0.4 is 10.6 Å². The van der Waals surface area contributed by atoms with E-state index in [1.165, 1.54) is 11.3 Å². The lowest BCUT2D eigenvalue weighted by atomic mass is 10.1. The van der Waals surface area contributed by atoms with Crippen LogP contribution in [0.1, 0.15) is 20.7 Å². The van der Waals surface area contributed by atoms with E-state index in [0.717, 1.165) is 0 Å². The highest BCUT2D eigenvalue weighted by Gasteiger charge is 2.13. The summed E-state index contributed by atoms with van der Waals surface area (Å²) in [7, 11) is 0. The topological polar surface area (TPSA) is 97.1 Å². The van der Waals surface area contributed by atoms with Gasteiger partial charge in [-0.1, -0.05) is 29.5 Å². The zero-order valence-corrected chi connectivity index (χ0v) is 15.3. The van der Waals surface area contributed by atoms with Gasteiger partial charge in [-0.15, -0.1) is 10.2 Å². The number of nitrogens with zero attached hydrogens (tertiary/aromatic N) is 2. The molecule has 2 aromatic heterocycles. The molecule has 0 aliphatic rings. The van der Waals surface area contributed by atoms with Crippen molar-refractivity contribution in [3.63, 3.8) is 0 Å². The molecule has 2 N–H and O–H groups in total. The summed E-state index contributed by atoms with van der Waals surface area (Å²) in [5.74, 6) is 0.0664. The van der Waals surface area contributed by atoms with Crippen LogP contribution in [0, 0.1) is 0 Å². The molecule has 0 aliphatic carbocycles. The molecule has 0 fully saturated rings. The number of anilines is 2. The van der Waals surface area contributed by atoms with E-state index in [-0.39, 0.29) is 11.8 Å². The van der Waals surface area contributed by atoms with E-state index in [4.69, 9.17) is 4.42 Å². The second-order valence-corrected chi connectivity index (χ2v) is 6.72. The van der Waals surface area contributed by atoms with Crippen molar-refractivity contribution in [2.24, 2.45) is 0 Å². The van der Waals surface area contributed by atoms with Crippen molar-refractivity contribution in [2.45, 2.75) is 0 Å². The molecule has 2 aromatic carbocycles.